The van der Waals surface area contributed by atoms with Crippen LogP contribution in [0.1, 0.15) is 37.0 Å². The summed E-state index contributed by atoms with van der Waals surface area (Å²) in [6.45, 7) is 0.706. The van der Waals surface area contributed by atoms with Crippen molar-refractivity contribution < 1.29 is 4.79 Å². The zero-order valence-electron chi connectivity index (χ0n) is 10.0. The summed E-state index contributed by atoms with van der Waals surface area (Å²) in [5.74, 6) is 2.72. The summed E-state index contributed by atoms with van der Waals surface area (Å²) in [4.78, 5) is 13.1. The Bertz CT molecular complexity index is 387. The fourth-order valence-corrected chi connectivity index (χ4v) is 4.18. The maximum Gasteiger partial charge on any atom is 0.220 e. The Balaban J connectivity index is 1.44. The molecular formula is C14H19NOS. The Labute approximate surface area is 106 Å². The molecule has 3 rings (SSSR count). The highest BCUT2D eigenvalue weighted by molar-refractivity contribution is 7.09. The van der Waals surface area contributed by atoms with Crippen molar-refractivity contribution >= 4 is 17.2 Å². The number of carbonyl (C=O) groups excluding carboxylic acids is 1. The van der Waals surface area contributed by atoms with Crippen molar-refractivity contribution in [3.63, 3.8) is 0 Å². The van der Waals surface area contributed by atoms with Crippen molar-refractivity contribution in [1.29, 1.82) is 0 Å². The first-order chi connectivity index (χ1) is 8.31. The first-order valence-corrected chi connectivity index (χ1v) is 7.48. The zero-order valence-corrected chi connectivity index (χ0v) is 10.8. The summed E-state index contributed by atoms with van der Waals surface area (Å²) in [5, 5.41) is 5.10. The summed E-state index contributed by atoms with van der Waals surface area (Å²) in [6.07, 6.45) is 6.23. The van der Waals surface area contributed by atoms with E-state index in [0.717, 1.165) is 18.3 Å². The lowest BCUT2D eigenvalue weighted by molar-refractivity contribution is -0.122. The molecule has 17 heavy (non-hydrogen) atoms. The molecule has 3 atom stereocenters. The number of rotatable bonds is 4. The molecule has 2 aliphatic rings. The van der Waals surface area contributed by atoms with Crippen molar-refractivity contribution in [3.8, 4) is 0 Å². The third kappa shape index (κ3) is 2.54. The van der Waals surface area contributed by atoms with Gasteiger partial charge in [-0.2, -0.15) is 0 Å². The Hall–Kier alpha value is -0.830. The number of thiophene rings is 1. The SMILES string of the molecule is O=C(C[C@H]1C[C@H]2CC[C@H]1C2)NCc1cccs1. The van der Waals surface area contributed by atoms with Gasteiger partial charge in [-0.3, -0.25) is 4.79 Å². The van der Waals surface area contributed by atoms with Crippen LogP contribution in [0.15, 0.2) is 17.5 Å². The molecule has 2 fully saturated rings. The van der Waals surface area contributed by atoms with Crippen molar-refractivity contribution in [2.45, 2.75) is 38.6 Å². The minimum absolute atomic E-state index is 0.246. The third-order valence-electron chi connectivity index (χ3n) is 4.37. The number of amides is 1. The Morgan fingerprint density at radius 1 is 1.41 bits per heavy atom. The van der Waals surface area contributed by atoms with Crippen LogP contribution < -0.4 is 5.32 Å². The first-order valence-electron chi connectivity index (χ1n) is 6.60. The lowest BCUT2D eigenvalue weighted by Gasteiger charge is -2.20. The molecule has 0 radical (unpaired) electrons. The van der Waals surface area contributed by atoms with Crippen LogP contribution in [-0.4, -0.2) is 5.91 Å². The number of nitrogens with one attached hydrogen (secondary N) is 1. The van der Waals surface area contributed by atoms with Gasteiger partial charge in [-0.05, 0) is 48.5 Å². The van der Waals surface area contributed by atoms with Crippen LogP contribution in [0.25, 0.3) is 0 Å². The second-order valence-corrected chi connectivity index (χ2v) is 6.53. The van der Waals surface area contributed by atoms with Crippen molar-refractivity contribution in [3.05, 3.63) is 22.4 Å². The molecule has 3 heteroatoms. The van der Waals surface area contributed by atoms with E-state index in [-0.39, 0.29) is 5.91 Å². The smallest absolute Gasteiger partial charge is 0.220 e. The summed E-state index contributed by atoms with van der Waals surface area (Å²) in [7, 11) is 0. The van der Waals surface area contributed by atoms with Crippen LogP contribution in [0.2, 0.25) is 0 Å². The molecule has 1 N–H and O–H groups in total. The van der Waals surface area contributed by atoms with Gasteiger partial charge in [-0.15, -0.1) is 11.3 Å². The molecule has 1 heterocycles. The topological polar surface area (TPSA) is 29.1 Å². The Morgan fingerprint density at radius 3 is 3.00 bits per heavy atom. The number of hydrogen-bond acceptors (Lipinski definition) is 2. The molecule has 1 amide bonds. The average Bonchev–Trinajstić information content (AvgIpc) is 3.03. The van der Waals surface area contributed by atoms with E-state index in [4.69, 9.17) is 0 Å². The second kappa shape index (κ2) is 4.81. The van der Waals surface area contributed by atoms with Gasteiger partial charge in [0.05, 0.1) is 6.54 Å². The van der Waals surface area contributed by atoms with Crippen LogP contribution >= 0.6 is 11.3 Å². The minimum Gasteiger partial charge on any atom is -0.351 e. The molecule has 0 saturated heterocycles. The van der Waals surface area contributed by atoms with Crippen molar-refractivity contribution in [2.75, 3.05) is 0 Å². The molecule has 0 unspecified atom stereocenters. The molecule has 1 aromatic rings. The largest absolute Gasteiger partial charge is 0.351 e. The monoisotopic (exact) mass is 249 g/mol. The van der Waals surface area contributed by atoms with E-state index in [2.05, 4.69) is 16.8 Å². The van der Waals surface area contributed by atoms with Crippen LogP contribution in [0.4, 0.5) is 0 Å². The maximum atomic E-state index is 11.9. The predicted molar refractivity (Wildman–Crippen MR) is 69.7 cm³/mol. The summed E-state index contributed by atoms with van der Waals surface area (Å²) < 4.78 is 0. The summed E-state index contributed by atoms with van der Waals surface area (Å²) >= 11 is 1.71. The van der Waals surface area contributed by atoms with Gasteiger partial charge < -0.3 is 5.32 Å². The van der Waals surface area contributed by atoms with E-state index < -0.39 is 0 Å². The highest BCUT2D eigenvalue weighted by atomic mass is 32.1. The van der Waals surface area contributed by atoms with Crippen LogP contribution in [0, 0.1) is 17.8 Å². The molecule has 1 aromatic heterocycles. The van der Waals surface area contributed by atoms with Gasteiger partial charge in [-0.1, -0.05) is 12.5 Å². The van der Waals surface area contributed by atoms with Crippen LogP contribution in [0.3, 0.4) is 0 Å². The van der Waals surface area contributed by atoms with Gasteiger partial charge in [0, 0.05) is 11.3 Å². The molecule has 0 aliphatic heterocycles. The average molecular weight is 249 g/mol. The van der Waals surface area contributed by atoms with Crippen molar-refractivity contribution in [2.24, 2.45) is 17.8 Å². The van der Waals surface area contributed by atoms with E-state index in [0.29, 0.717) is 12.5 Å². The molecule has 0 aromatic carbocycles. The normalized spacial score (nSPS) is 30.7. The molecule has 2 bridgehead atoms. The van der Waals surface area contributed by atoms with E-state index in [1.807, 2.05) is 6.07 Å². The van der Waals surface area contributed by atoms with E-state index in [1.165, 1.54) is 30.6 Å². The molecule has 2 nitrogen and oxygen atoms in total. The Kier molecular flexibility index (Phi) is 3.19. The van der Waals surface area contributed by atoms with E-state index in [1.54, 1.807) is 11.3 Å². The number of fused-ring (bicyclic) bond motifs is 2. The van der Waals surface area contributed by atoms with Crippen molar-refractivity contribution in [1.82, 2.24) is 5.32 Å². The molecule has 92 valence electrons. The molecule has 2 saturated carbocycles. The van der Waals surface area contributed by atoms with Gasteiger partial charge in [-0.25, -0.2) is 0 Å². The van der Waals surface area contributed by atoms with Gasteiger partial charge in [0.1, 0.15) is 0 Å². The fourth-order valence-electron chi connectivity index (χ4n) is 3.54. The van der Waals surface area contributed by atoms with Gasteiger partial charge in [0.2, 0.25) is 5.91 Å². The highest BCUT2D eigenvalue weighted by Gasteiger charge is 2.39. The fraction of sp³-hybridized carbons (Fsp3) is 0.643. The van der Waals surface area contributed by atoms with Crippen LogP contribution in [-0.2, 0) is 11.3 Å². The quantitative estimate of drug-likeness (QED) is 0.872. The Morgan fingerprint density at radius 2 is 2.35 bits per heavy atom. The first kappa shape index (κ1) is 11.3. The molecular weight excluding hydrogens is 230 g/mol. The van der Waals surface area contributed by atoms with Crippen LogP contribution in [0.5, 0.6) is 0 Å². The number of hydrogen-bond donors (Lipinski definition) is 1. The van der Waals surface area contributed by atoms with E-state index >= 15 is 0 Å². The second-order valence-electron chi connectivity index (χ2n) is 5.50. The van der Waals surface area contributed by atoms with Gasteiger partial charge in [0.25, 0.3) is 0 Å². The molecule has 2 aliphatic carbocycles. The maximum absolute atomic E-state index is 11.9. The summed E-state index contributed by atoms with van der Waals surface area (Å²) in [6, 6.07) is 4.10. The third-order valence-corrected chi connectivity index (χ3v) is 5.25. The molecule has 0 spiro atoms. The van der Waals surface area contributed by atoms with Gasteiger partial charge >= 0.3 is 0 Å². The minimum atomic E-state index is 0.246. The standard InChI is InChI=1S/C14H19NOS/c16-14(15-9-13-2-1-5-17-13)8-12-7-10-3-4-11(12)6-10/h1-2,5,10-12H,3-4,6-9H2,(H,15,16)/t10-,11-,12+/m0/s1. The zero-order chi connectivity index (χ0) is 11.7. The lowest BCUT2D eigenvalue weighted by Crippen LogP contribution is -2.26. The number of carbonyl (C=O) groups is 1. The van der Waals surface area contributed by atoms with Gasteiger partial charge in [0.15, 0.2) is 0 Å². The van der Waals surface area contributed by atoms with E-state index in [9.17, 15) is 4.79 Å². The predicted octanol–water partition coefficient (Wildman–Crippen LogP) is 3.19. The lowest BCUT2D eigenvalue weighted by atomic mass is 9.86. The highest BCUT2D eigenvalue weighted by Crippen LogP contribution is 2.49. The summed E-state index contributed by atoms with van der Waals surface area (Å²) in [5.41, 5.74) is 0.